The van der Waals surface area contributed by atoms with Crippen LogP contribution in [-0.4, -0.2) is 129 Å². The average Bonchev–Trinajstić information content (AvgIpc) is 3.93. The molecule has 17 heteroatoms. The molecule has 7 atom stereocenters. The third-order valence-electron chi connectivity index (χ3n) is 11.1. The predicted molar refractivity (Wildman–Crippen MR) is 203 cm³/mol. The molecule has 1 aromatic heterocycles. The molecular weight excluding hydrogens is 722 g/mol. The summed E-state index contributed by atoms with van der Waals surface area (Å²) in [5, 5.41) is 15.3. The number of ether oxygens (including phenoxy) is 1. The topological polar surface area (TPSA) is 204 Å². The largest absolute Gasteiger partial charge is 0.461 e. The van der Waals surface area contributed by atoms with Crippen LogP contribution in [0.2, 0.25) is 0 Å². The van der Waals surface area contributed by atoms with Gasteiger partial charge in [-0.15, -0.1) is 0 Å². The molecule has 17 nitrogen and oxygen atoms in total. The number of piperidine rings is 1. The van der Waals surface area contributed by atoms with Crippen LogP contribution in [0, 0.1) is 12.8 Å². The van der Waals surface area contributed by atoms with E-state index < -0.39 is 84.4 Å². The molecule has 4 fully saturated rings. The first-order valence-corrected chi connectivity index (χ1v) is 19.7. The summed E-state index contributed by atoms with van der Waals surface area (Å²) >= 11 is 0. The number of benzene rings is 1. The van der Waals surface area contributed by atoms with Crippen molar-refractivity contribution in [1.82, 2.24) is 40.4 Å². The number of cyclic esters (lactones) is 1. The van der Waals surface area contributed by atoms with Crippen LogP contribution in [-0.2, 0) is 46.5 Å². The first-order valence-electron chi connectivity index (χ1n) is 19.7. The minimum atomic E-state index is -1.44. The number of nitrogens with one attached hydrogen (secondary N) is 4. The number of carbonyl (C=O) groups is 7. The standard InChI is InChI=1S/C39H53N9O8/c1-5-48-24(3)19-32(44-48)43-39(55)42-27(20-26-12-7-6-8-13-26)33(49)41-28-22-56-38(54)31-18-23(2)21-47(31)35(51)25(4)40-34(50)29-14-9-10-16-45(29)37(53)30-15-11-17-46(30)36(28)52/h6-8,12-13,19,23,25,27-31H,5,9-11,14-18,20-22H2,1-4H3,(H,40,50)(H,41,49)(H2,42,43,44,55)/t23-,25+,27+,28+,29+,30+,31+/m1/s1. The van der Waals surface area contributed by atoms with E-state index in [2.05, 4.69) is 26.4 Å². The molecule has 4 aliphatic rings. The highest BCUT2D eigenvalue weighted by molar-refractivity contribution is 5.98. The van der Waals surface area contributed by atoms with Crippen molar-refractivity contribution in [3.8, 4) is 0 Å². The van der Waals surface area contributed by atoms with Gasteiger partial charge in [0.05, 0.1) is 0 Å². The number of esters is 1. The Morgan fingerprint density at radius 2 is 1.62 bits per heavy atom. The minimum Gasteiger partial charge on any atom is -0.461 e. The molecule has 5 heterocycles. The monoisotopic (exact) mass is 775 g/mol. The molecule has 1 aromatic carbocycles. The summed E-state index contributed by atoms with van der Waals surface area (Å²) in [5.74, 6) is -3.19. The van der Waals surface area contributed by atoms with Gasteiger partial charge < -0.3 is 35.4 Å². The smallest absolute Gasteiger partial charge is 0.328 e. The first-order chi connectivity index (χ1) is 26.8. The Kier molecular flexibility index (Phi) is 12.6. The molecule has 56 heavy (non-hydrogen) atoms. The number of hydrogen-bond acceptors (Lipinski definition) is 9. The lowest BCUT2D eigenvalue weighted by Crippen LogP contribution is -2.62. The molecule has 0 aliphatic carbocycles. The van der Waals surface area contributed by atoms with Crippen LogP contribution < -0.4 is 21.3 Å². The highest BCUT2D eigenvalue weighted by Gasteiger charge is 2.46. The zero-order chi connectivity index (χ0) is 40.1. The summed E-state index contributed by atoms with van der Waals surface area (Å²) in [6.45, 7) is 8.03. The number of fused-ring (bicyclic) bond motifs is 3. The second-order valence-corrected chi connectivity index (χ2v) is 15.3. The van der Waals surface area contributed by atoms with Crippen LogP contribution in [0.1, 0.15) is 70.6 Å². The molecule has 0 radical (unpaired) electrons. The van der Waals surface area contributed by atoms with Gasteiger partial charge in [0.25, 0.3) is 0 Å². The Bertz CT molecular complexity index is 1820. The second-order valence-electron chi connectivity index (χ2n) is 15.3. The lowest BCUT2D eigenvalue weighted by Gasteiger charge is -2.39. The summed E-state index contributed by atoms with van der Waals surface area (Å²) in [7, 11) is 0. The van der Waals surface area contributed by atoms with Crippen LogP contribution in [0.4, 0.5) is 10.6 Å². The van der Waals surface area contributed by atoms with Crippen LogP contribution >= 0.6 is 0 Å². The fraction of sp³-hybridized carbons (Fsp3) is 0.590. The zero-order valence-electron chi connectivity index (χ0n) is 32.5. The van der Waals surface area contributed by atoms with E-state index in [4.69, 9.17) is 4.74 Å². The first kappa shape index (κ1) is 40.2. The van der Waals surface area contributed by atoms with Gasteiger partial charge in [-0.2, -0.15) is 5.10 Å². The van der Waals surface area contributed by atoms with Crippen LogP contribution in [0.5, 0.6) is 0 Å². The number of urea groups is 1. The molecule has 6 rings (SSSR count). The molecule has 4 N–H and O–H groups in total. The minimum absolute atomic E-state index is 0.0500. The van der Waals surface area contributed by atoms with Crippen molar-refractivity contribution >= 4 is 47.4 Å². The number of carbonyl (C=O) groups excluding carboxylic acids is 7. The Morgan fingerprint density at radius 3 is 2.36 bits per heavy atom. The van der Waals surface area contributed by atoms with Gasteiger partial charge in [-0.05, 0) is 70.8 Å². The fourth-order valence-corrected chi connectivity index (χ4v) is 8.25. The van der Waals surface area contributed by atoms with Crippen molar-refractivity contribution in [3.05, 3.63) is 47.7 Å². The van der Waals surface area contributed by atoms with Crippen molar-refractivity contribution in [2.24, 2.45) is 5.92 Å². The molecule has 302 valence electrons. The van der Waals surface area contributed by atoms with E-state index in [1.807, 2.05) is 26.8 Å². The van der Waals surface area contributed by atoms with Crippen molar-refractivity contribution in [2.75, 3.05) is 31.6 Å². The summed E-state index contributed by atoms with van der Waals surface area (Å²) in [4.78, 5) is 102. The average molecular weight is 776 g/mol. The number of aromatic nitrogens is 2. The van der Waals surface area contributed by atoms with E-state index in [1.54, 1.807) is 41.9 Å². The SMILES string of the molecule is CCn1nc(NC(=O)N[C@@H](Cc2ccccc2)C(=O)N[C@H]2COC(=O)[C@@H]3C[C@@H](C)CN3C(=O)[C@H](C)NC(=O)[C@@H]3CCCCN3C(=O)[C@@H]3CCCN3C2=O)cc1C. The van der Waals surface area contributed by atoms with Crippen molar-refractivity contribution in [3.63, 3.8) is 0 Å². The molecule has 0 bridgehead atoms. The molecule has 7 amide bonds. The maximum atomic E-state index is 14.5. The molecule has 4 aliphatic heterocycles. The van der Waals surface area contributed by atoms with E-state index in [0.29, 0.717) is 57.4 Å². The van der Waals surface area contributed by atoms with Gasteiger partial charge in [0.2, 0.25) is 29.5 Å². The fourth-order valence-electron chi connectivity index (χ4n) is 8.25. The summed E-state index contributed by atoms with van der Waals surface area (Å²) in [6, 6.07) is 3.71. The van der Waals surface area contributed by atoms with E-state index in [0.717, 1.165) is 11.3 Å². The van der Waals surface area contributed by atoms with Gasteiger partial charge in [0, 0.05) is 44.4 Å². The van der Waals surface area contributed by atoms with E-state index >= 15 is 0 Å². The predicted octanol–water partition coefficient (Wildman–Crippen LogP) is 1.10. The highest BCUT2D eigenvalue weighted by atomic mass is 16.5. The van der Waals surface area contributed by atoms with Crippen LogP contribution in [0.15, 0.2) is 36.4 Å². The van der Waals surface area contributed by atoms with Crippen molar-refractivity contribution in [1.29, 1.82) is 0 Å². The lowest BCUT2D eigenvalue weighted by molar-refractivity contribution is -0.158. The highest BCUT2D eigenvalue weighted by Crippen LogP contribution is 2.28. The molecule has 0 unspecified atom stereocenters. The Balaban J connectivity index is 1.29. The van der Waals surface area contributed by atoms with Crippen LogP contribution in [0.3, 0.4) is 0 Å². The second kappa shape index (κ2) is 17.5. The molecule has 0 spiro atoms. The number of nitrogens with zero attached hydrogens (tertiary/aromatic N) is 5. The normalized spacial score (nSPS) is 26.8. The van der Waals surface area contributed by atoms with Crippen molar-refractivity contribution in [2.45, 2.75) is 115 Å². The maximum Gasteiger partial charge on any atom is 0.328 e. The number of rotatable bonds is 7. The van der Waals surface area contributed by atoms with E-state index in [1.165, 1.54) is 14.7 Å². The molecule has 4 saturated heterocycles. The molecular formula is C39H53N9O8. The van der Waals surface area contributed by atoms with E-state index in [-0.39, 0.29) is 25.4 Å². The third-order valence-corrected chi connectivity index (χ3v) is 11.1. The number of aryl methyl sites for hydroxylation is 2. The number of amides is 7. The lowest BCUT2D eigenvalue weighted by atomic mass is 9.99. The molecule has 2 aromatic rings. The number of anilines is 1. The van der Waals surface area contributed by atoms with Gasteiger partial charge in [0.15, 0.2) is 5.82 Å². The summed E-state index contributed by atoms with van der Waals surface area (Å²) < 4.78 is 7.46. The van der Waals surface area contributed by atoms with Gasteiger partial charge in [-0.25, -0.2) is 9.59 Å². The quantitative estimate of drug-likeness (QED) is 0.297. The zero-order valence-corrected chi connectivity index (χ0v) is 32.5. The van der Waals surface area contributed by atoms with Gasteiger partial charge in [-0.1, -0.05) is 37.3 Å². The number of hydrogen-bond donors (Lipinski definition) is 4. The Labute approximate surface area is 326 Å². The van der Waals surface area contributed by atoms with Gasteiger partial charge in [-0.3, -0.25) is 34.0 Å². The third kappa shape index (κ3) is 8.97. The summed E-state index contributed by atoms with van der Waals surface area (Å²) in [6.07, 6.45) is 2.99. The Morgan fingerprint density at radius 1 is 0.911 bits per heavy atom. The molecule has 0 saturated carbocycles. The van der Waals surface area contributed by atoms with Crippen LogP contribution in [0.25, 0.3) is 0 Å². The summed E-state index contributed by atoms with van der Waals surface area (Å²) in [5.41, 5.74) is 1.57. The van der Waals surface area contributed by atoms with Crippen molar-refractivity contribution < 1.29 is 38.3 Å². The van der Waals surface area contributed by atoms with Gasteiger partial charge in [0.1, 0.15) is 42.9 Å². The maximum absolute atomic E-state index is 14.5. The Hall–Kier alpha value is -5.48. The van der Waals surface area contributed by atoms with E-state index in [9.17, 15) is 33.6 Å². The van der Waals surface area contributed by atoms with Gasteiger partial charge >= 0.3 is 12.0 Å².